The Labute approximate surface area is 231 Å². The van der Waals surface area contributed by atoms with Crippen LogP contribution in [0.4, 0.5) is 0 Å². The zero-order chi connectivity index (χ0) is 27.9. The minimum Gasteiger partial charge on any atom is -0.493 e. The van der Waals surface area contributed by atoms with Crippen molar-refractivity contribution < 1.29 is 23.8 Å². The monoisotopic (exact) mass is 530 g/mol. The number of hydrogen-bond acceptors (Lipinski definition) is 5. The summed E-state index contributed by atoms with van der Waals surface area (Å²) in [6.45, 7) is 2.42. The lowest BCUT2D eigenvalue weighted by Gasteiger charge is -2.42. The van der Waals surface area contributed by atoms with E-state index >= 15 is 0 Å². The Kier molecular flexibility index (Phi) is 9.12. The highest BCUT2D eigenvalue weighted by atomic mass is 16.5. The number of benzene rings is 3. The number of aryl methyl sites for hydroxylation is 1. The molecule has 206 valence electrons. The van der Waals surface area contributed by atoms with E-state index in [0.29, 0.717) is 30.2 Å². The highest BCUT2D eigenvalue weighted by Crippen LogP contribution is 2.41. The Hall–Kier alpha value is -4.00. The van der Waals surface area contributed by atoms with Crippen molar-refractivity contribution in [2.75, 3.05) is 34.9 Å². The minimum atomic E-state index is -0.519. The van der Waals surface area contributed by atoms with Gasteiger partial charge in [0, 0.05) is 20.0 Å². The molecule has 4 rings (SSSR count). The van der Waals surface area contributed by atoms with Crippen LogP contribution in [0.5, 0.6) is 17.2 Å². The molecule has 1 aliphatic rings. The molecule has 0 saturated carbocycles. The topological polar surface area (TPSA) is 68.3 Å². The molecule has 39 heavy (non-hydrogen) atoms. The fraction of sp³-hybridized carbons (Fsp3) is 0.375. The first kappa shape index (κ1) is 28.0. The van der Waals surface area contributed by atoms with Crippen LogP contribution in [0.2, 0.25) is 0 Å². The summed E-state index contributed by atoms with van der Waals surface area (Å²) in [6, 6.07) is 21.2. The Morgan fingerprint density at radius 3 is 1.97 bits per heavy atom. The summed E-state index contributed by atoms with van der Waals surface area (Å²) >= 11 is 0. The van der Waals surface area contributed by atoms with Crippen molar-refractivity contribution >= 4 is 11.8 Å². The van der Waals surface area contributed by atoms with E-state index < -0.39 is 12.1 Å². The van der Waals surface area contributed by atoms with Crippen LogP contribution in [0.3, 0.4) is 0 Å². The van der Waals surface area contributed by atoms with Crippen molar-refractivity contribution in [3.63, 3.8) is 0 Å². The van der Waals surface area contributed by atoms with E-state index in [0.717, 1.165) is 36.0 Å². The van der Waals surface area contributed by atoms with Crippen molar-refractivity contribution in [3.8, 4) is 28.4 Å². The molecule has 1 saturated heterocycles. The number of ether oxygens (including phenoxy) is 3. The van der Waals surface area contributed by atoms with Gasteiger partial charge in [0.05, 0.1) is 21.3 Å². The van der Waals surface area contributed by atoms with Gasteiger partial charge in [-0.2, -0.15) is 0 Å². The minimum absolute atomic E-state index is 0.0121. The van der Waals surface area contributed by atoms with Crippen molar-refractivity contribution in [2.45, 2.75) is 44.7 Å². The zero-order valence-corrected chi connectivity index (χ0v) is 23.5. The van der Waals surface area contributed by atoms with Crippen LogP contribution >= 0.6 is 0 Å². The number of unbranched alkanes of at least 4 members (excludes halogenated alkanes) is 1. The maximum absolute atomic E-state index is 13.5. The van der Waals surface area contributed by atoms with Gasteiger partial charge in [-0.3, -0.25) is 9.59 Å². The second-order valence-corrected chi connectivity index (χ2v) is 9.93. The average Bonchev–Trinajstić information content (AvgIpc) is 2.97. The maximum atomic E-state index is 13.5. The molecule has 1 heterocycles. The average molecular weight is 531 g/mol. The van der Waals surface area contributed by atoms with Crippen LogP contribution in [-0.4, -0.2) is 68.6 Å². The Morgan fingerprint density at radius 2 is 1.38 bits per heavy atom. The van der Waals surface area contributed by atoms with E-state index in [1.165, 1.54) is 5.56 Å². The van der Waals surface area contributed by atoms with E-state index in [1.807, 2.05) is 61.5 Å². The third kappa shape index (κ3) is 6.19. The quantitative estimate of drug-likeness (QED) is 0.326. The number of carbonyl (C=O) groups is 2. The van der Waals surface area contributed by atoms with Gasteiger partial charge in [-0.05, 0) is 60.6 Å². The molecule has 0 bridgehead atoms. The summed E-state index contributed by atoms with van der Waals surface area (Å²) in [5, 5.41) is 0. The third-order valence-corrected chi connectivity index (χ3v) is 7.55. The van der Waals surface area contributed by atoms with Crippen molar-refractivity contribution in [2.24, 2.45) is 0 Å². The summed E-state index contributed by atoms with van der Waals surface area (Å²) < 4.78 is 16.4. The van der Waals surface area contributed by atoms with Crippen molar-refractivity contribution in [1.82, 2.24) is 9.80 Å². The van der Waals surface area contributed by atoms with Gasteiger partial charge in [-0.15, -0.1) is 0 Å². The second kappa shape index (κ2) is 12.7. The van der Waals surface area contributed by atoms with Crippen LogP contribution in [0.25, 0.3) is 11.1 Å². The molecule has 0 N–H and O–H groups in total. The van der Waals surface area contributed by atoms with Gasteiger partial charge in [0.1, 0.15) is 12.1 Å². The summed E-state index contributed by atoms with van der Waals surface area (Å²) in [5.41, 5.74) is 4.18. The van der Waals surface area contributed by atoms with E-state index in [2.05, 4.69) is 12.1 Å². The smallest absolute Gasteiger partial charge is 0.246 e. The van der Waals surface area contributed by atoms with Gasteiger partial charge in [0.2, 0.25) is 17.6 Å². The third-order valence-electron chi connectivity index (χ3n) is 7.55. The molecule has 1 fully saturated rings. The molecule has 0 spiro atoms. The van der Waals surface area contributed by atoms with Gasteiger partial charge in [-0.25, -0.2) is 0 Å². The molecule has 0 unspecified atom stereocenters. The molecule has 7 heteroatoms. The zero-order valence-electron chi connectivity index (χ0n) is 23.5. The highest BCUT2D eigenvalue weighted by Gasteiger charge is 2.41. The largest absolute Gasteiger partial charge is 0.493 e. The molecule has 1 aliphatic heterocycles. The molecule has 2 amide bonds. The summed E-state index contributed by atoms with van der Waals surface area (Å²) in [6.07, 6.45) is 3.26. The van der Waals surface area contributed by atoms with Gasteiger partial charge >= 0.3 is 0 Å². The molecule has 3 aromatic carbocycles. The number of nitrogens with zero attached hydrogens (tertiary/aromatic N) is 2. The molecule has 7 nitrogen and oxygen atoms in total. The fourth-order valence-corrected chi connectivity index (χ4v) is 5.22. The Morgan fingerprint density at radius 1 is 0.744 bits per heavy atom. The predicted octanol–water partition coefficient (Wildman–Crippen LogP) is 5.00. The number of methoxy groups -OCH3 is 3. The number of hydrogen-bond donors (Lipinski definition) is 0. The lowest BCUT2D eigenvalue weighted by molar-refractivity contribution is -0.159. The molecular formula is C32H38N2O5. The normalized spacial score (nSPS) is 17.4. The summed E-state index contributed by atoms with van der Waals surface area (Å²) in [7, 11) is 6.50. The van der Waals surface area contributed by atoms with Gasteiger partial charge in [0.25, 0.3) is 0 Å². The molecule has 0 aromatic heterocycles. The van der Waals surface area contributed by atoms with Gasteiger partial charge in [-0.1, -0.05) is 54.6 Å². The van der Waals surface area contributed by atoms with Crippen molar-refractivity contribution in [1.29, 1.82) is 0 Å². The molecular weight excluding hydrogens is 492 g/mol. The number of amides is 2. The molecule has 2 atom stereocenters. The maximum Gasteiger partial charge on any atom is 0.246 e. The molecule has 3 aromatic rings. The van der Waals surface area contributed by atoms with Crippen LogP contribution in [-0.2, 0) is 22.4 Å². The number of likely N-dealkylation sites (N-methyl/N-ethyl adjacent to an activating group) is 1. The van der Waals surface area contributed by atoms with Crippen molar-refractivity contribution in [3.05, 3.63) is 77.9 Å². The molecule has 0 radical (unpaired) electrons. The Balaban J connectivity index is 1.44. The van der Waals surface area contributed by atoms with Gasteiger partial charge in [0.15, 0.2) is 11.5 Å². The standard InChI is InChI=1S/C32H38N2O5/c1-22-31(35)33(2)27(32(36)34(22)18-10-9-13-23-11-7-6-8-12-23)19-24-14-16-25(17-15-24)26-20-28(37-3)30(39-5)29(21-26)38-4/h6-8,11-12,14-17,20-22,27H,9-10,13,18-19H2,1-5H3/t22-,27-/m0/s1. The predicted molar refractivity (Wildman–Crippen MR) is 152 cm³/mol. The lowest BCUT2D eigenvalue weighted by Crippen LogP contribution is -2.63. The number of carbonyl (C=O) groups excluding carboxylic acids is 2. The van der Waals surface area contributed by atoms with E-state index in [-0.39, 0.29) is 11.8 Å². The summed E-state index contributed by atoms with van der Waals surface area (Å²) in [5.74, 6) is 1.71. The van der Waals surface area contributed by atoms with E-state index in [9.17, 15) is 9.59 Å². The van der Waals surface area contributed by atoms with Gasteiger partial charge < -0.3 is 24.0 Å². The number of rotatable bonds is 11. The second-order valence-electron chi connectivity index (χ2n) is 9.93. The van der Waals surface area contributed by atoms with E-state index in [1.54, 1.807) is 38.2 Å². The number of piperazine rings is 1. The first-order chi connectivity index (χ1) is 18.9. The summed E-state index contributed by atoms with van der Waals surface area (Å²) in [4.78, 5) is 30.0. The first-order valence-electron chi connectivity index (χ1n) is 13.4. The van der Waals surface area contributed by atoms with Crippen LogP contribution < -0.4 is 14.2 Å². The first-order valence-corrected chi connectivity index (χ1v) is 13.4. The fourth-order valence-electron chi connectivity index (χ4n) is 5.22. The SMILES string of the molecule is COc1cc(-c2ccc(C[C@H]3C(=O)N(CCCCc4ccccc4)[C@@H](C)C(=O)N3C)cc2)cc(OC)c1OC. The van der Waals surface area contributed by atoms with Crippen LogP contribution in [0.15, 0.2) is 66.7 Å². The highest BCUT2D eigenvalue weighted by molar-refractivity contribution is 5.96. The molecule has 0 aliphatic carbocycles. The van der Waals surface area contributed by atoms with Crippen LogP contribution in [0, 0.1) is 0 Å². The van der Waals surface area contributed by atoms with Crippen LogP contribution in [0.1, 0.15) is 30.9 Å². The van der Waals surface area contributed by atoms with E-state index in [4.69, 9.17) is 14.2 Å². The lowest BCUT2D eigenvalue weighted by atomic mass is 9.96. The Bertz CT molecular complexity index is 1250.